The predicted octanol–water partition coefficient (Wildman–Crippen LogP) is 5.30. The lowest BCUT2D eigenvalue weighted by molar-refractivity contribution is 0.324. The van der Waals surface area contributed by atoms with Gasteiger partial charge in [-0.1, -0.05) is 32.0 Å². The molecule has 3 aromatic rings. The molecule has 0 spiro atoms. The van der Waals surface area contributed by atoms with Gasteiger partial charge in [-0.2, -0.15) is 4.98 Å². The molecule has 0 aliphatic carbocycles. The van der Waals surface area contributed by atoms with Crippen LogP contribution in [-0.4, -0.2) is 36.8 Å². The third kappa shape index (κ3) is 6.23. The van der Waals surface area contributed by atoms with Crippen LogP contribution in [0.2, 0.25) is 0 Å². The summed E-state index contributed by atoms with van der Waals surface area (Å²) in [7, 11) is 4.72. The zero-order chi connectivity index (χ0) is 22.1. The Morgan fingerprint density at radius 2 is 1.45 bits per heavy atom. The summed E-state index contributed by atoms with van der Waals surface area (Å²) in [6, 6.07) is 11.7. The summed E-state index contributed by atoms with van der Waals surface area (Å²) in [6.07, 6.45) is 1.77. The quantitative estimate of drug-likeness (QED) is 0.521. The highest BCUT2D eigenvalue weighted by Crippen LogP contribution is 2.40. The highest BCUT2D eigenvalue weighted by molar-refractivity contribution is 5.67. The number of hydrogen-bond acceptors (Lipinski definition) is 7. The fourth-order valence-corrected chi connectivity index (χ4v) is 2.75. The molecular formula is C23H36N4O4. The van der Waals surface area contributed by atoms with Crippen LogP contribution in [0, 0.1) is 13.8 Å². The van der Waals surface area contributed by atoms with Crippen molar-refractivity contribution in [1.82, 2.24) is 9.97 Å². The number of nitrogens with zero attached hydrogens (tertiary/aromatic N) is 2. The topological polar surface area (TPSA) is 109 Å². The van der Waals surface area contributed by atoms with Gasteiger partial charge in [-0.05, 0) is 25.5 Å². The van der Waals surface area contributed by atoms with Crippen LogP contribution in [0.15, 0.2) is 42.6 Å². The molecule has 3 rings (SSSR count). The summed E-state index contributed by atoms with van der Waals surface area (Å²) < 4.78 is 16.1. The van der Waals surface area contributed by atoms with E-state index in [0.29, 0.717) is 23.2 Å². The SMILES string of the molecule is CC.COc1cc(Nc2ncc(C)c(Nc3ccccc3C)n2)cc(OC)c1OC.O.[HH].[HH]. The van der Waals surface area contributed by atoms with Gasteiger partial charge in [0.25, 0.3) is 0 Å². The second-order valence-electron chi connectivity index (χ2n) is 6.20. The van der Waals surface area contributed by atoms with E-state index in [4.69, 9.17) is 14.2 Å². The monoisotopic (exact) mass is 432 g/mol. The van der Waals surface area contributed by atoms with Gasteiger partial charge in [0.15, 0.2) is 11.5 Å². The number of rotatable bonds is 7. The molecular weight excluding hydrogens is 396 g/mol. The van der Waals surface area contributed by atoms with E-state index in [1.165, 1.54) is 0 Å². The van der Waals surface area contributed by atoms with E-state index in [-0.39, 0.29) is 8.33 Å². The maximum absolute atomic E-state index is 5.39. The fraction of sp³-hybridized carbons (Fsp3) is 0.304. The van der Waals surface area contributed by atoms with Gasteiger partial charge >= 0.3 is 0 Å². The average molecular weight is 433 g/mol. The first kappa shape index (κ1) is 25.5. The second kappa shape index (κ2) is 12.2. The van der Waals surface area contributed by atoms with Crippen molar-refractivity contribution < 1.29 is 22.5 Å². The van der Waals surface area contributed by atoms with Crippen LogP contribution < -0.4 is 24.8 Å². The Bertz CT molecular complexity index is 965. The van der Waals surface area contributed by atoms with Crippen molar-refractivity contribution >= 4 is 23.1 Å². The lowest BCUT2D eigenvalue weighted by atomic mass is 10.2. The van der Waals surface area contributed by atoms with E-state index in [2.05, 4.69) is 20.6 Å². The van der Waals surface area contributed by atoms with E-state index in [1.807, 2.05) is 52.0 Å². The zero-order valence-electron chi connectivity index (χ0n) is 19.2. The van der Waals surface area contributed by atoms with Crippen molar-refractivity contribution in [1.29, 1.82) is 0 Å². The molecule has 0 fully saturated rings. The minimum Gasteiger partial charge on any atom is -0.493 e. The Kier molecular flexibility index (Phi) is 10.1. The summed E-state index contributed by atoms with van der Waals surface area (Å²) in [4.78, 5) is 8.99. The lowest BCUT2D eigenvalue weighted by Crippen LogP contribution is -2.04. The van der Waals surface area contributed by atoms with Gasteiger partial charge in [0.1, 0.15) is 5.82 Å². The molecule has 0 aliphatic rings. The molecule has 172 valence electrons. The molecule has 0 amide bonds. The standard InChI is InChI=1S/C21H24N4O3.C2H6.H2O.2H2/c1-13-8-6-7-9-16(13)24-20-14(2)12-22-21(25-20)23-15-10-17(26-3)19(28-5)18(11-15)27-4;1-2;;;/h6-12H,1-5H3,(H2,22,23,24,25);1-2H3;1H2;2*1H. The molecule has 2 aromatic carbocycles. The highest BCUT2D eigenvalue weighted by atomic mass is 16.5. The molecule has 8 heteroatoms. The second-order valence-corrected chi connectivity index (χ2v) is 6.20. The van der Waals surface area contributed by atoms with Crippen LogP contribution in [0.4, 0.5) is 23.1 Å². The first-order valence-corrected chi connectivity index (χ1v) is 9.79. The Labute approximate surface area is 186 Å². The molecule has 0 saturated heterocycles. The van der Waals surface area contributed by atoms with Gasteiger partial charge in [-0.15, -0.1) is 0 Å². The molecule has 0 bridgehead atoms. The number of aryl methyl sites for hydroxylation is 2. The van der Waals surface area contributed by atoms with Crippen LogP contribution in [0.25, 0.3) is 0 Å². The smallest absolute Gasteiger partial charge is 0.229 e. The van der Waals surface area contributed by atoms with Crippen molar-refractivity contribution in [3.8, 4) is 17.2 Å². The molecule has 8 nitrogen and oxygen atoms in total. The first-order chi connectivity index (χ1) is 14.5. The number of ether oxygens (including phenoxy) is 3. The van der Waals surface area contributed by atoms with E-state index in [0.717, 1.165) is 28.3 Å². The Hall–Kier alpha value is -3.52. The van der Waals surface area contributed by atoms with Gasteiger partial charge in [-0.3, -0.25) is 0 Å². The Morgan fingerprint density at radius 1 is 0.839 bits per heavy atom. The van der Waals surface area contributed by atoms with Crippen molar-refractivity contribution in [3.63, 3.8) is 0 Å². The molecule has 0 radical (unpaired) electrons. The van der Waals surface area contributed by atoms with Gasteiger partial charge in [-0.25, -0.2) is 4.98 Å². The van der Waals surface area contributed by atoms with E-state index in [9.17, 15) is 0 Å². The van der Waals surface area contributed by atoms with Gasteiger partial charge in [0, 0.05) is 38.1 Å². The van der Waals surface area contributed by atoms with Gasteiger partial charge in [0.2, 0.25) is 11.7 Å². The maximum Gasteiger partial charge on any atom is 0.229 e. The fourth-order valence-electron chi connectivity index (χ4n) is 2.75. The van der Waals surface area contributed by atoms with Crippen molar-refractivity contribution in [2.75, 3.05) is 32.0 Å². The summed E-state index contributed by atoms with van der Waals surface area (Å²) >= 11 is 0. The molecule has 0 saturated carbocycles. The normalized spacial score (nSPS) is 9.52. The van der Waals surface area contributed by atoms with Crippen molar-refractivity contribution in [3.05, 3.63) is 53.7 Å². The summed E-state index contributed by atoms with van der Waals surface area (Å²) in [5, 5.41) is 6.56. The minimum absolute atomic E-state index is 0. The molecule has 0 atom stereocenters. The van der Waals surface area contributed by atoms with Crippen LogP contribution in [0.1, 0.15) is 27.8 Å². The molecule has 1 aromatic heterocycles. The molecule has 31 heavy (non-hydrogen) atoms. The third-order valence-corrected chi connectivity index (χ3v) is 4.29. The van der Waals surface area contributed by atoms with Crippen LogP contribution >= 0.6 is 0 Å². The van der Waals surface area contributed by atoms with E-state index >= 15 is 0 Å². The van der Waals surface area contributed by atoms with Crippen molar-refractivity contribution in [2.24, 2.45) is 0 Å². The number of para-hydroxylation sites is 1. The van der Waals surface area contributed by atoms with Crippen LogP contribution in [0.5, 0.6) is 17.2 Å². The Balaban J connectivity index is 0. The summed E-state index contributed by atoms with van der Waals surface area (Å²) in [5.74, 6) is 2.82. The minimum atomic E-state index is 0. The Morgan fingerprint density at radius 3 is 2.00 bits per heavy atom. The lowest BCUT2D eigenvalue weighted by Gasteiger charge is -2.15. The number of anilines is 4. The number of aromatic nitrogens is 2. The molecule has 4 N–H and O–H groups in total. The summed E-state index contributed by atoms with van der Waals surface area (Å²) in [5.41, 5.74) is 3.81. The molecule has 1 heterocycles. The van der Waals surface area contributed by atoms with E-state index in [1.54, 1.807) is 39.7 Å². The van der Waals surface area contributed by atoms with Crippen LogP contribution in [0.3, 0.4) is 0 Å². The van der Waals surface area contributed by atoms with Gasteiger partial charge < -0.3 is 30.3 Å². The highest BCUT2D eigenvalue weighted by Gasteiger charge is 2.14. The predicted molar refractivity (Wildman–Crippen MR) is 130 cm³/mol. The summed E-state index contributed by atoms with van der Waals surface area (Å²) in [6.45, 7) is 8.01. The zero-order valence-corrected chi connectivity index (χ0v) is 19.2. The first-order valence-electron chi connectivity index (χ1n) is 9.79. The number of hydrogen-bond donors (Lipinski definition) is 2. The van der Waals surface area contributed by atoms with Crippen molar-refractivity contribution in [2.45, 2.75) is 27.7 Å². The third-order valence-electron chi connectivity index (χ3n) is 4.29. The number of nitrogens with one attached hydrogen (secondary N) is 2. The van der Waals surface area contributed by atoms with Gasteiger partial charge in [0.05, 0.1) is 21.3 Å². The number of benzene rings is 2. The maximum atomic E-state index is 5.39. The van der Waals surface area contributed by atoms with E-state index < -0.39 is 0 Å². The largest absolute Gasteiger partial charge is 0.493 e. The molecule has 0 unspecified atom stereocenters. The average Bonchev–Trinajstić information content (AvgIpc) is 2.78. The van der Waals surface area contributed by atoms with Crippen LogP contribution in [-0.2, 0) is 0 Å². The number of methoxy groups -OCH3 is 3. The molecule has 0 aliphatic heterocycles.